The molecule has 0 aromatic carbocycles. The van der Waals surface area contributed by atoms with Gasteiger partial charge < -0.3 is 5.32 Å². The molecule has 0 aliphatic carbocycles. The van der Waals surface area contributed by atoms with Gasteiger partial charge in [0.1, 0.15) is 10.9 Å². The van der Waals surface area contributed by atoms with Crippen molar-refractivity contribution in [3.63, 3.8) is 0 Å². The topological polar surface area (TPSA) is 35.8 Å². The van der Waals surface area contributed by atoms with Crippen molar-refractivity contribution in [2.45, 2.75) is 20.0 Å². The van der Waals surface area contributed by atoms with E-state index in [1.165, 1.54) is 16.0 Å². The van der Waals surface area contributed by atoms with Crippen LogP contribution in [0.1, 0.15) is 20.9 Å². The number of nitrogens with zero attached hydrogens (tertiary/aromatic N) is 1. The standard InChI is InChI=1S/C12H12N2S2/c1-9-7-15-8-10(9)5-14-6-12-3-2-11(4-13)16-12/h2-3,7-8,14H,5-6H2,1H3. The summed E-state index contributed by atoms with van der Waals surface area (Å²) in [6, 6.07) is 6.04. The largest absolute Gasteiger partial charge is 0.308 e. The minimum atomic E-state index is 0.781. The van der Waals surface area contributed by atoms with Gasteiger partial charge >= 0.3 is 0 Å². The van der Waals surface area contributed by atoms with Crippen LogP contribution in [-0.2, 0) is 13.1 Å². The lowest BCUT2D eigenvalue weighted by molar-refractivity contribution is 0.700. The van der Waals surface area contributed by atoms with Crippen molar-refractivity contribution in [1.82, 2.24) is 5.32 Å². The van der Waals surface area contributed by atoms with E-state index in [1.54, 1.807) is 22.7 Å². The van der Waals surface area contributed by atoms with E-state index in [9.17, 15) is 0 Å². The molecule has 2 rings (SSSR count). The molecule has 2 aromatic rings. The third kappa shape index (κ3) is 2.70. The smallest absolute Gasteiger partial charge is 0.110 e. The normalized spacial score (nSPS) is 10.2. The van der Waals surface area contributed by atoms with E-state index in [1.807, 2.05) is 12.1 Å². The highest BCUT2D eigenvalue weighted by atomic mass is 32.1. The molecule has 0 bridgehead atoms. The molecule has 0 unspecified atom stereocenters. The Hall–Kier alpha value is -1.15. The third-order valence-corrected chi connectivity index (χ3v) is 4.25. The summed E-state index contributed by atoms with van der Waals surface area (Å²) in [5, 5.41) is 16.4. The molecule has 0 amide bonds. The maximum Gasteiger partial charge on any atom is 0.110 e. The van der Waals surface area contributed by atoms with Gasteiger partial charge in [-0.2, -0.15) is 16.6 Å². The van der Waals surface area contributed by atoms with Gasteiger partial charge in [0.2, 0.25) is 0 Å². The van der Waals surface area contributed by atoms with Crippen LogP contribution in [0.5, 0.6) is 0 Å². The number of hydrogen-bond acceptors (Lipinski definition) is 4. The van der Waals surface area contributed by atoms with E-state index in [4.69, 9.17) is 5.26 Å². The van der Waals surface area contributed by atoms with Crippen LogP contribution in [0.2, 0.25) is 0 Å². The van der Waals surface area contributed by atoms with Gasteiger partial charge in [0.15, 0.2) is 0 Å². The fraction of sp³-hybridized carbons (Fsp3) is 0.250. The van der Waals surface area contributed by atoms with Gasteiger partial charge in [-0.05, 0) is 40.9 Å². The second kappa shape index (κ2) is 5.26. The Morgan fingerprint density at radius 2 is 2.19 bits per heavy atom. The van der Waals surface area contributed by atoms with Gasteiger partial charge in [0, 0.05) is 18.0 Å². The maximum atomic E-state index is 8.70. The van der Waals surface area contributed by atoms with Crippen molar-refractivity contribution in [3.05, 3.63) is 43.8 Å². The third-order valence-electron chi connectivity index (χ3n) is 2.35. The van der Waals surface area contributed by atoms with E-state index < -0.39 is 0 Å². The van der Waals surface area contributed by atoms with E-state index in [0.29, 0.717) is 0 Å². The molecule has 0 fully saturated rings. The van der Waals surface area contributed by atoms with Crippen molar-refractivity contribution in [2.75, 3.05) is 0 Å². The number of nitrogens with one attached hydrogen (secondary N) is 1. The number of thiophene rings is 2. The van der Waals surface area contributed by atoms with E-state index >= 15 is 0 Å². The zero-order chi connectivity index (χ0) is 11.4. The molecule has 0 aliphatic rings. The van der Waals surface area contributed by atoms with Gasteiger partial charge in [-0.1, -0.05) is 0 Å². The summed E-state index contributed by atoms with van der Waals surface area (Å²) < 4.78 is 0. The minimum Gasteiger partial charge on any atom is -0.308 e. The Morgan fingerprint density at radius 3 is 2.81 bits per heavy atom. The Morgan fingerprint density at radius 1 is 1.31 bits per heavy atom. The van der Waals surface area contributed by atoms with Gasteiger partial charge in [0.25, 0.3) is 0 Å². The van der Waals surface area contributed by atoms with Crippen LogP contribution in [-0.4, -0.2) is 0 Å². The first kappa shape index (κ1) is 11.3. The molecule has 0 spiro atoms. The first-order valence-corrected chi connectivity index (χ1v) is 6.76. The van der Waals surface area contributed by atoms with Crippen molar-refractivity contribution in [1.29, 1.82) is 5.26 Å². The summed E-state index contributed by atoms with van der Waals surface area (Å²) in [4.78, 5) is 1.99. The molecular weight excluding hydrogens is 236 g/mol. The van der Waals surface area contributed by atoms with Crippen molar-refractivity contribution in [3.8, 4) is 6.07 Å². The van der Waals surface area contributed by atoms with Crippen LogP contribution in [0.4, 0.5) is 0 Å². The second-order valence-electron chi connectivity index (χ2n) is 3.56. The zero-order valence-corrected chi connectivity index (χ0v) is 10.6. The highest BCUT2D eigenvalue weighted by Crippen LogP contribution is 2.16. The van der Waals surface area contributed by atoms with Crippen LogP contribution in [0.3, 0.4) is 0 Å². The van der Waals surface area contributed by atoms with Crippen LogP contribution in [0.25, 0.3) is 0 Å². The molecule has 82 valence electrons. The minimum absolute atomic E-state index is 0.781. The molecule has 4 heteroatoms. The van der Waals surface area contributed by atoms with Gasteiger partial charge in [-0.25, -0.2) is 0 Å². The van der Waals surface area contributed by atoms with E-state index in [-0.39, 0.29) is 0 Å². The van der Waals surface area contributed by atoms with Crippen LogP contribution >= 0.6 is 22.7 Å². The lowest BCUT2D eigenvalue weighted by Crippen LogP contribution is -2.11. The quantitative estimate of drug-likeness (QED) is 0.901. The summed E-state index contributed by atoms with van der Waals surface area (Å²) >= 11 is 3.29. The molecule has 0 atom stereocenters. The van der Waals surface area contributed by atoms with Gasteiger partial charge in [-0.3, -0.25) is 0 Å². The lowest BCUT2D eigenvalue weighted by Gasteiger charge is -2.02. The predicted octanol–water partition coefficient (Wildman–Crippen LogP) is 3.28. The maximum absolute atomic E-state index is 8.70. The molecule has 16 heavy (non-hydrogen) atoms. The summed E-state index contributed by atoms with van der Waals surface area (Å²) in [6.45, 7) is 3.86. The van der Waals surface area contributed by atoms with E-state index in [0.717, 1.165) is 18.0 Å². The van der Waals surface area contributed by atoms with Crippen molar-refractivity contribution < 1.29 is 0 Å². The molecule has 0 saturated carbocycles. The average Bonchev–Trinajstić information content (AvgIpc) is 2.89. The van der Waals surface area contributed by atoms with Crippen LogP contribution in [0.15, 0.2) is 22.9 Å². The second-order valence-corrected chi connectivity index (χ2v) is 5.47. The highest BCUT2D eigenvalue weighted by molar-refractivity contribution is 7.12. The molecule has 0 radical (unpaired) electrons. The molecule has 2 heterocycles. The molecule has 2 nitrogen and oxygen atoms in total. The summed E-state index contributed by atoms with van der Waals surface area (Å²) in [7, 11) is 0. The van der Waals surface area contributed by atoms with Crippen molar-refractivity contribution in [2.24, 2.45) is 0 Å². The Kier molecular flexibility index (Phi) is 3.73. The highest BCUT2D eigenvalue weighted by Gasteiger charge is 2.01. The average molecular weight is 248 g/mol. The van der Waals surface area contributed by atoms with Crippen molar-refractivity contribution >= 4 is 22.7 Å². The summed E-state index contributed by atoms with van der Waals surface area (Å²) in [5.41, 5.74) is 2.71. The van der Waals surface area contributed by atoms with Crippen LogP contribution < -0.4 is 5.32 Å². The number of hydrogen-bond donors (Lipinski definition) is 1. The summed E-state index contributed by atoms with van der Waals surface area (Å²) in [6.07, 6.45) is 0. The van der Waals surface area contributed by atoms with Crippen LogP contribution in [0, 0.1) is 18.3 Å². The Balaban J connectivity index is 1.85. The molecule has 2 aromatic heterocycles. The number of nitriles is 1. The fourth-order valence-corrected chi connectivity index (χ4v) is 3.05. The Bertz CT molecular complexity index is 505. The zero-order valence-electron chi connectivity index (χ0n) is 8.99. The van der Waals surface area contributed by atoms with Gasteiger partial charge in [-0.15, -0.1) is 11.3 Å². The molecular formula is C12H12N2S2. The number of rotatable bonds is 4. The molecule has 1 N–H and O–H groups in total. The Labute approximate surface area is 103 Å². The predicted molar refractivity (Wildman–Crippen MR) is 68.6 cm³/mol. The lowest BCUT2D eigenvalue weighted by atomic mass is 10.2. The molecule has 0 aliphatic heterocycles. The summed E-state index contributed by atoms with van der Waals surface area (Å²) in [5.74, 6) is 0. The monoisotopic (exact) mass is 248 g/mol. The van der Waals surface area contributed by atoms with Gasteiger partial charge in [0.05, 0.1) is 0 Å². The van der Waals surface area contributed by atoms with E-state index in [2.05, 4.69) is 29.1 Å². The molecule has 0 saturated heterocycles. The number of aryl methyl sites for hydroxylation is 1. The fourth-order valence-electron chi connectivity index (χ4n) is 1.42. The first-order valence-electron chi connectivity index (χ1n) is 5.01. The SMILES string of the molecule is Cc1cscc1CNCc1ccc(C#N)s1. The first-order chi connectivity index (χ1) is 7.79.